The molecule has 4 rings (SSSR count). The molecule has 0 unspecified atom stereocenters. The molecule has 144 valence electrons. The first kappa shape index (κ1) is 17.7. The molecular formula is C18H17N5O5. The van der Waals surface area contributed by atoms with E-state index in [2.05, 4.69) is 15.1 Å². The van der Waals surface area contributed by atoms with Crippen molar-refractivity contribution in [1.82, 2.24) is 24.9 Å². The Labute approximate surface area is 159 Å². The maximum atomic E-state index is 11.9. The van der Waals surface area contributed by atoms with Gasteiger partial charge >= 0.3 is 6.03 Å². The Morgan fingerprint density at radius 1 is 1.18 bits per heavy atom. The van der Waals surface area contributed by atoms with Crippen LogP contribution in [0.2, 0.25) is 0 Å². The molecule has 28 heavy (non-hydrogen) atoms. The summed E-state index contributed by atoms with van der Waals surface area (Å²) in [6.07, 6.45) is 1.85. The molecule has 3 heterocycles. The van der Waals surface area contributed by atoms with E-state index in [1.54, 1.807) is 7.11 Å². The van der Waals surface area contributed by atoms with Crippen LogP contribution in [0.3, 0.4) is 0 Å². The van der Waals surface area contributed by atoms with Crippen molar-refractivity contribution in [3.8, 4) is 17.2 Å². The second-order valence-corrected chi connectivity index (χ2v) is 6.25. The van der Waals surface area contributed by atoms with Gasteiger partial charge in [-0.3, -0.25) is 9.69 Å². The summed E-state index contributed by atoms with van der Waals surface area (Å²) in [6, 6.07) is 6.97. The summed E-state index contributed by atoms with van der Waals surface area (Å²) in [5.41, 5.74) is 1.47. The highest BCUT2D eigenvalue weighted by Crippen LogP contribution is 2.22. The second-order valence-electron chi connectivity index (χ2n) is 6.25. The molecule has 0 radical (unpaired) electrons. The van der Waals surface area contributed by atoms with E-state index in [1.807, 2.05) is 24.3 Å². The number of nitrogens with zero attached hydrogens (tertiary/aromatic N) is 5. The van der Waals surface area contributed by atoms with Crippen LogP contribution in [0.1, 0.15) is 17.4 Å². The average molecular weight is 383 g/mol. The van der Waals surface area contributed by atoms with E-state index in [0.29, 0.717) is 23.8 Å². The Morgan fingerprint density at radius 3 is 2.64 bits per heavy atom. The molecule has 0 saturated carbocycles. The molecule has 1 aliphatic rings. The molecule has 1 aromatic carbocycles. The number of imide groups is 1. The van der Waals surface area contributed by atoms with Gasteiger partial charge in [0, 0.05) is 12.6 Å². The summed E-state index contributed by atoms with van der Waals surface area (Å²) in [7, 11) is 3.04. The van der Waals surface area contributed by atoms with E-state index in [-0.39, 0.29) is 30.9 Å². The zero-order valence-corrected chi connectivity index (χ0v) is 15.3. The summed E-state index contributed by atoms with van der Waals surface area (Å²) in [5, 5.41) is 3.90. The van der Waals surface area contributed by atoms with Crippen LogP contribution < -0.4 is 4.74 Å². The number of hydrogen-bond acceptors (Lipinski definition) is 8. The maximum Gasteiger partial charge on any atom is 0.327 e. The lowest BCUT2D eigenvalue weighted by Gasteiger charge is -2.11. The maximum absolute atomic E-state index is 11.9. The van der Waals surface area contributed by atoms with Crippen LogP contribution in [-0.2, 0) is 17.8 Å². The standard InChI is InChI=1S/C18H17N5O5/c1-22-16(24)9-23(18(22)25)8-15-20-14(21-28-15)7-12-10-27-17(19-12)11-3-5-13(26-2)6-4-11/h3-6,10H,7-9H2,1-2H3. The number of benzene rings is 1. The zero-order chi connectivity index (χ0) is 19.7. The Balaban J connectivity index is 1.41. The third-order valence-electron chi connectivity index (χ3n) is 4.32. The normalized spacial score (nSPS) is 14.2. The largest absolute Gasteiger partial charge is 0.497 e. The summed E-state index contributed by atoms with van der Waals surface area (Å²) < 4.78 is 15.8. The Morgan fingerprint density at radius 2 is 1.96 bits per heavy atom. The molecule has 10 nitrogen and oxygen atoms in total. The first-order chi connectivity index (χ1) is 13.5. The van der Waals surface area contributed by atoms with E-state index in [4.69, 9.17) is 13.7 Å². The average Bonchev–Trinajstić information content (AvgIpc) is 3.41. The van der Waals surface area contributed by atoms with Crippen molar-refractivity contribution in [2.75, 3.05) is 20.7 Å². The van der Waals surface area contributed by atoms with Gasteiger partial charge in [0.25, 0.3) is 0 Å². The molecule has 0 N–H and O–H groups in total. The predicted octanol–water partition coefficient (Wildman–Crippen LogP) is 1.72. The van der Waals surface area contributed by atoms with E-state index < -0.39 is 0 Å². The van der Waals surface area contributed by atoms with Crippen LogP contribution >= 0.6 is 0 Å². The van der Waals surface area contributed by atoms with Gasteiger partial charge in [-0.1, -0.05) is 5.16 Å². The fraction of sp³-hybridized carbons (Fsp3) is 0.278. The van der Waals surface area contributed by atoms with Crippen LogP contribution in [0, 0.1) is 0 Å². The number of oxazole rings is 1. The quantitative estimate of drug-likeness (QED) is 0.591. The summed E-state index contributed by atoms with van der Waals surface area (Å²) in [4.78, 5) is 34.6. The van der Waals surface area contributed by atoms with Gasteiger partial charge in [0.1, 0.15) is 25.1 Å². The number of carbonyl (C=O) groups is 2. The number of methoxy groups -OCH3 is 1. The van der Waals surface area contributed by atoms with Gasteiger partial charge in [-0.05, 0) is 24.3 Å². The topological polar surface area (TPSA) is 115 Å². The number of amides is 3. The van der Waals surface area contributed by atoms with Crippen LogP contribution in [0.5, 0.6) is 5.75 Å². The highest BCUT2D eigenvalue weighted by molar-refractivity contribution is 6.01. The molecule has 10 heteroatoms. The van der Waals surface area contributed by atoms with Crippen molar-refractivity contribution in [2.45, 2.75) is 13.0 Å². The van der Waals surface area contributed by atoms with Crippen LogP contribution in [-0.4, -0.2) is 57.6 Å². The fourth-order valence-corrected chi connectivity index (χ4v) is 2.79. The number of hydrogen-bond donors (Lipinski definition) is 0. The Kier molecular flexibility index (Phi) is 4.52. The van der Waals surface area contributed by atoms with E-state index in [0.717, 1.165) is 16.2 Å². The van der Waals surface area contributed by atoms with Gasteiger partial charge in [-0.2, -0.15) is 4.98 Å². The third-order valence-corrected chi connectivity index (χ3v) is 4.32. The minimum atomic E-state index is -0.384. The molecule has 1 fully saturated rings. The lowest BCUT2D eigenvalue weighted by Crippen LogP contribution is -2.29. The lowest BCUT2D eigenvalue weighted by atomic mass is 10.2. The van der Waals surface area contributed by atoms with E-state index >= 15 is 0 Å². The van der Waals surface area contributed by atoms with Crippen LogP contribution in [0.4, 0.5) is 4.79 Å². The van der Waals surface area contributed by atoms with Crippen molar-refractivity contribution in [3.05, 3.63) is 47.9 Å². The van der Waals surface area contributed by atoms with Crippen molar-refractivity contribution in [3.63, 3.8) is 0 Å². The van der Waals surface area contributed by atoms with Crippen molar-refractivity contribution >= 4 is 11.9 Å². The van der Waals surface area contributed by atoms with Crippen molar-refractivity contribution in [2.24, 2.45) is 0 Å². The predicted molar refractivity (Wildman–Crippen MR) is 94.2 cm³/mol. The van der Waals surface area contributed by atoms with Crippen LogP contribution in [0.25, 0.3) is 11.5 Å². The number of likely N-dealkylation sites (N-methyl/N-ethyl adjacent to an activating group) is 1. The number of aromatic nitrogens is 3. The number of urea groups is 1. The molecule has 0 aliphatic carbocycles. The molecule has 1 aliphatic heterocycles. The van der Waals surface area contributed by atoms with Gasteiger partial charge in [0.2, 0.25) is 17.7 Å². The molecule has 0 atom stereocenters. The molecule has 3 aromatic rings. The number of rotatable bonds is 6. The van der Waals surface area contributed by atoms with Gasteiger partial charge in [-0.15, -0.1) is 0 Å². The second kappa shape index (κ2) is 7.14. The molecule has 2 aromatic heterocycles. The van der Waals surface area contributed by atoms with Crippen molar-refractivity contribution < 1.29 is 23.3 Å². The van der Waals surface area contributed by atoms with E-state index in [1.165, 1.54) is 18.2 Å². The first-order valence-corrected chi connectivity index (χ1v) is 8.49. The lowest BCUT2D eigenvalue weighted by molar-refractivity contribution is -0.124. The molecule has 3 amide bonds. The number of carbonyl (C=O) groups excluding carboxylic acids is 2. The number of ether oxygens (including phenoxy) is 1. The molecule has 1 saturated heterocycles. The van der Waals surface area contributed by atoms with Gasteiger partial charge in [0.05, 0.1) is 19.2 Å². The SMILES string of the molecule is COc1ccc(-c2nc(Cc3noc(CN4CC(=O)N(C)C4=O)n3)co2)cc1. The summed E-state index contributed by atoms with van der Waals surface area (Å²) in [5.74, 6) is 1.63. The molecule has 0 spiro atoms. The zero-order valence-electron chi connectivity index (χ0n) is 15.3. The van der Waals surface area contributed by atoms with Crippen molar-refractivity contribution in [1.29, 1.82) is 0 Å². The monoisotopic (exact) mass is 383 g/mol. The minimum Gasteiger partial charge on any atom is -0.497 e. The molecular weight excluding hydrogens is 366 g/mol. The van der Waals surface area contributed by atoms with Gasteiger partial charge in [-0.25, -0.2) is 9.78 Å². The highest BCUT2D eigenvalue weighted by Gasteiger charge is 2.34. The summed E-state index contributed by atoms with van der Waals surface area (Å²) >= 11 is 0. The Bertz CT molecular complexity index is 1010. The third kappa shape index (κ3) is 3.43. The minimum absolute atomic E-state index is 0.00154. The van der Waals surface area contributed by atoms with Gasteiger partial charge < -0.3 is 18.6 Å². The summed E-state index contributed by atoms with van der Waals surface area (Å²) in [6.45, 7) is 0.0827. The smallest absolute Gasteiger partial charge is 0.327 e. The first-order valence-electron chi connectivity index (χ1n) is 8.49. The highest BCUT2D eigenvalue weighted by atomic mass is 16.5. The fourth-order valence-electron chi connectivity index (χ4n) is 2.79. The Hall–Kier alpha value is -3.69. The van der Waals surface area contributed by atoms with Crippen LogP contribution in [0.15, 0.2) is 39.5 Å². The molecule has 0 bridgehead atoms. The van der Waals surface area contributed by atoms with E-state index in [9.17, 15) is 9.59 Å². The van der Waals surface area contributed by atoms with Gasteiger partial charge in [0.15, 0.2) is 5.82 Å².